The van der Waals surface area contributed by atoms with Crippen LogP contribution in [0.2, 0.25) is 0 Å². The summed E-state index contributed by atoms with van der Waals surface area (Å²) < 4.78 is 10.2. The quantitative estimate of drug-likeness (QED) is 0.829. The van der Waals surface area contributed by atoms with Gasteiger partial charge in [-0.05, 0) is 35.4 Å². The lowest BCUT2D eigenvalue weighted by atomic mass is 10.1. The molecule has 0 aliphatic carbocycles. The first-order chi connectivity index (χ1) is 10.5. The zero-order valence-corrected chi connectivity index (χ0v) is 12.2. The Hall–Kier alpha value is -2.95. The molecule has 2 aromatic rings. The number of carboxylic acid groups (broad SMARTS) is 1. The predicted octanol–water partition coefficient (Wildman–Crippen LogP) is 3.28. The van der Waals surface area contributed by atoms with Gasteiger partial charge in [0.05, 0.1) is 19.8 Å². The Balaban J connectivity index is 2.27. The zero-order chi connectivity index (χ0) is 16.1. The van der Waals surface area contributed by atoms with Crippen LogP contribution in [-0.2, 0) is 0 Å². The van der Waals surface area contributed by atoms with Crippen molar-refractivity contribution in [2.75, 3.05) is 14.2 Å². The Bertz CT molecular complexity index is 676. The summed E-state index contributed by atoms with van der Waals surface area (Å²) in [6.45, 7) is 0. The molecule has 0 spiro atoms. The van der Waals surface area contributed by atoms with Gasteiger partial charge in [-0.15, -0.1) is 0 Å². The number of hydrogen-bond acceptors (Lipinski definition) is 4. The summed E-state index contributed by atoms with van der Waals surface area (Å²) in [7, 11) is 2.93. The second-order valence-corrected chi connectivity index (χ2v) is 4.53. The van der Waals surface area contributed by atoms with Crippen molar-refractivity contribution < 1.29 is 24.5 Å². The highest BCUT2D eigenvalue weighted by atomic mass is 16.5. The van der Waals surface area contributed by atoms with Crippen molar-refractivity contribution in [1.82, 2.24) is 0 Å². The van der Waals surface area contributed by atoms with Crippen LogP contribution in [0.3, 0.4) is 0 Å². The molecule has 5 nitrogen and oxygen atoms in total. The first-order valence-electron chi connectivity index (χ1n) is 6.51. The minimum atomic E-state index is -0.955. The summed E-state index contributed by atoms with van der Waals surface area (Å²) in [6.07, 6.45) is 3.65. The summed E-state index contributed by atoms with van der Waals surface area (Å²) in [5.41, 5.74) is 1.88. The van der Waals surface area contributed by atoms with Gasteiger partial charge in [0.2, 0.25) is 5.75 Å². The molecule has 22 heavy (non-hydrogen) atoms. The standard InChI is InChI=1S/C17H16O5/c1-21-14-9-12(10-15(22-2)16(14)18)4-3-11-5-7-13(8-6-11)17(19)20/h3-10,18H,1-2H3,(H,19,20). The molecule has 0 amide bonds. The minimum absolute atomic E-state index is 0.0482. The van der Waals surface area contributed by atoms with E-state index >= 15 is 0 Å². The van der Waals surface area contributed by atoms with Crippen molar-refractivity contribution in [3.8, 4) is 17.2 Å². The van der Waals surface area contributed by atoms with E-state index in [1.807, 2.05) is 12.2 Å². The van der Waals surface area contributed by atoms with Gasteiger partial charge < -0.3 is 19.7 Å². The average Bonchev–Trinajstić information content (AvgIpc) is 2.54. The van der Waals surface area contributed by atoms with Crippen LogP contribution in [0.4, 0.5) is 0 Å². The molecule has 114 valence electrons. The van der Waals surface area contributed by atoms with Gasteiger partial charge in [0.25, 0.3) is 0 Å². The van der Waals surface area contributed by atoms with E-state index in [9.17, 15) is 9.90 Å². The molecule has 0 unspecified atom stereocenters. The second-order valence-electron chi connectivity index (χ2n) is 4.53. The number of carboxylic acids is 1. The first-order valence-corrected chi connectivity index (χ1v) is 6.51. The van der Waals surface area contributed by atoms with Gasteiger partial charge in [-0.3, -0.25) is 0 Å². The maximum absolute atomic E-state index is 10.8. The van der Waals surface area contributed by atoms with Gasteiger partial charge in [-0.1, -0.05) is 24.3 Å². The van der Waals surface area contributed by atoms with Crippen molar-refractivity contribution in [3.63, 3.8) is 0 Å². The molecule has 2 aromatic carbocycles. The largest absolute Gasteiger partial charge is 0.502 e. The molecule has 0 atom stereocenters. The third kappa shape index (κ3) is 3.38. The van der Waals surface area contributed by atoms with Gasteiger partial charge in [-0.2, -0.15) is 0 Å². The number of phenols is 1. The van der Waals surface area contributed by atoms with Crippen LogP contribution in [0, 0.1) is 0 Å². The van der Waals surface area contributed by atoms with Crippen LogP contribution in [0.1, 0.15) is 21.5 Å². The topological polar surface area (TPSA) is 76.0 Å². The van der Waals surface area contributed by atoms with E-state index in [0.717, 1.165) is 11.1 Å². The van der Waals surface area contributed by atoms with Crippen LogP contribution in [0.25, 0.3) is 12.2 Å². The van der Waals surface area contributed by atoms with Crippen LogP contribution >= 0.6 is 0 Å². The number of ether oxygens (including phenoxy) is 2. The van der Waals surface area contributed by atoms with Gasteiger partial charge in [0.15, 0.2) is 11.5 Å². The smallest absolute Gasteiger partial charge is 0.335 e. The Morgan fingerprint density at radius 3 is 1.91 bits per heavy atom. The summed E-state index contributed by atoms with van der Waals surface area (Å²) in [5, 5.41) is 18.7. The molecule has 0 saturated heterocycles. The number of aromatic carboxylic acids is 1. The predicted molar refractivity (Wildman–Crippen MR) is 83.5 cm³/mol. The van der Waals surface area contributed by atoms with E-state index in [2.05, 4.69) is 0 Å². The molecule has 0 aliphatic heterocycles. The van der Waals surface area contributed by atoms with E-state index in [1.54, 1.807) is 36.4 Å². The summed E-state index contributed by atoms with van der Waals surface area (Å²) in [6, 6.07) is 9.88. The molecule has 0 aromatic heterocycles. The lowest BCUT2D eigenvalue weighted by molar-refractivity contribution is 0.0697. The molecule has 2 N–H and O–H groups in total. The van der Waals surface area contributed by atoms with Gasteiger partial charge >= 0.3 is 5.97 Å². The monoisotopic (exact) mass is 300 g/mol. The number of carbonyl (C=O) groups is 1. The zero-order valence-electron chi connectivity index (χ0n) is 12.2. The lowest BCUT2D eigenvalue weighted by Crippen LogP contribution is -1.94. The molecule has 2 rings (SSSR count). The van der Waals surface area contributed by atoms with Crippen molar-refractivity contribution >= 4 is 18.1 Å². The van der Waals surface area contributed by atoms with Crippen molar-refractivity contribution in [2.45, 2.75) is 0 Å². The Labute approximate surface area is 128 Å². The van der Waals surface area contributed by atoms with E-state index in [1.165, 1.54) is 14.2 Å². The highest BCUT2D eigenvalue weighted by Crippen LogP contribution is 2.37. The van der Waals surface area contributed by atoms with Gasteiger partial charge in [-0.25, -0.2) is 4.79 Å². The van der Waals surface area contributed by atoms with Crippen molar-refractivity contribution in [1.29, 1.82) is 0 Å². The molecule has 0 radical (unpaired) electrons. The van der Waals surface area contributed by atoms with Gasteiger partial charge in [0.1, 0.15) is 0 Å². The summed E-state index contributed by atoms with van der Waals surface area (Å²) in [5.74, 6) is -0.364. The number of aromatic hydroxyl groups is 1. The first kappa shape index (κ1) is 15.4. The number of methoxy groups -OCH3 is 2. The van der Waals surface area contributed by atoms with E-state index < -0.39 is 5.97 Å². The summed E-state index contributed by atoms with van der Waals surface area (Å²) >= 11 is 0. The second kappa shape index (κ2) is 6.67. The molecule has 0 fully saturated rings. The molecule has 0 saturated carbocycles. The molecule has 0 aliphatic rings. The fourth-order valence-corrected chi connectivity index (χ4v) is 1.94. The fourth-order valence-electron chi connectivity index (χ4n) is 1.94. The number of hydrogen-bond donors (Lipinski definition) is 2. The Kier molecular flexibility index (Phi) is 4.68. The van der Waals surface area contributed by atoms with Gasteiger partial charge in [0, 0.05) is 0 Å². The molecule has 0 bridgehead atoms. The van der Waals surface area contributed by atoms with Crippen LogP contribution in [0.15, 0.2) is 36.4 Å². The van der Waals surface area contributed by atoms with E-state index in [4.69, 9.17) is 14.6 Å². The Morgan fingerprint density at radius 1 is 0.955 bits per heavy atom. The maximum Gasteiger partial charge on any atom is 0.335 e. The third-order valence-corrected chi connectivity index (χ3v) is 3.13. The lowest BCUT2D eigenvalue weighted by Gasteiger charge is -2.09. The molecule has 5 heteroatoms. The van der Waals surface area contributed by atoms with E-state index in [0.29, 0.717) is 11.5 Å². The van der Waals surface area contributed by atoms with Crippen molar-refractivity contribution in [2.24, 2.45) is 0 Å². The number of rotatable bonds is 5. The van der Waals surface area contributed by atoms with Crippen molar-refractivity contribution in [3.05, 3.63) is 53.1 Å². The normalized spacial score (nSPS) is 10.6. The molecular formula is C17H16O5. The SMILES string of the molecule is COc1cc(C=Cc2ccc(C(=O)O)cc2)cc(OC)c1O. The molecular weight excluding hydrogens is 284 g/mol. The minimum Gasteiger partial charge on any atom is -0.502 e. The fraction of sp³-hybridized carbons (Fsp3) is 0.118. The third-order valence-electron chi connectivity index (χ3n) is 3.13. The number of benzene rings is 2. The average molecular weight is 300 g/mol. The maximum atomic E-state index is 10.8. The van der Waals surface area contributed by atoms with Crippen LogP contribution in [0.5, 0.6) is 17.2 Å². The van der Waals surface area contributed by atoms with Crippen LogP contribution < -0.4 is 9.47 Å². The summed E-state index contributed by atoms with van der Waals surface area (Å²) in [4.78, 5) is 10.8. The highest BCUT2D eigenvalue weighted by molar-refractivity contribution is 5.88. The highest BCUT2D eigenvalue weighted by Gasteiger charge is 2.09. The molecule has 0 heterocycles. The number of phenolic OH excluding ortho intramolecular Hbond substituents is 1. The van der Waals surface area contributed by atoms with Crippen LogP contribution in [-0.4, -0.2) is 30.4 Å². The Morgan fingerprint density at radius 2 is 1.45 bits per heavy atom. The van der Waals surface area contributed by atoms with E-state index in [-0.39, 0.29) is 11.3 Å².